The minimum Gasteiger partial charge on any atom is -0.481 e. The van der Waals surface area contributed by atoms with Crippen molar-refractivity contribution in [3.05, 3.63) is 36.5 Å². The number of allylic oxidation sites excluding steroid dienone is 6. The van der Waals surface area contributed by atoms with Crippen LogP contribution in [-0.4, -0.2) is 28.2 Å². The third-order valence-electron chi connectivity index (χ3n) is 5.11. The number of hydrogen-bond donors (Lipinski definition) is 2. The Morgan fingerprint density at radius 2 is 1.34 bits per heavy atom. The number of esters is 1. The van der Waals surface area contributed by atoms with Gasteiger partial charge >= 0.3 is 11.9 Å². The molecule has 5 nitrogen and oxygen atoms in total. The fourth-order valence-corrected chi connectivity index (χ4v) is 3.28. The number of unbranched alkanes of at least 4 members (excludes halogenated alkanes) is 6. The molecule has 0 aliphatic heterocycles. The van der Waals surface area contributed by atoms with E-state index in [1.165, 1.54) is 12.8 Å². The van der Waals surface area contributed by atoms with E-state index in [4.69, 9.17) is 15.6 Å². The van der Waals surface area contributed by atoms with E-state index < -0.39 is 23.1 Å². The Balaban J connectivity index is 4.01. The Bertz CT molecular complexity index is 601. The largest absolute Gasteiger partial charge is 0.481 e. The molecule has 0 aromatic rings. The van der Waals surface area contributed by atoms with Gasteiger partial charge in [-0.2, -0.15) is 0 Å². The van der Waals surface area contributed by atoms with Crippen LogP contribution in [0.4, 0.5) is 0 Å². The molecule has 0 aliphatic rings. The normalized spacial score (nSPS) is 14.4. The molecule has 0 aliphatic carbocycles. The Morgan fingerprint density at radius 3 is 1.91 bits per heavy atom. The molecule has 5 heteroatoms. The monoisotopic (exact) mass is 449 g/mol. The van der Waals surface area contributed by atoms with Gasteiger partial charge in [0.15, 0.2) is 0 Å². The van der Waals surface area contributed by atoms with Gasteiger partial charge in [-0.1, -0.05) is 75.5 Å². The summed E-state index contributed by atoms with van der Waals surface area (Å²) in [5, 5.41) is 8.99. The van der Waals surface area contributed by atoms with E-state index in [2.05, 4.69) is 43.4 Å². The quantitative estimate of drug-likeness (QED) is 0.135. The number of hydrogen-bond acceptors (Lipinski definition) is 4. The van der Waals surface area contributed by atoms with Crippen LogP contribution in [0.25, 0.3) is 0 Å². The number of carboxylic acids is 1. The van der Waals surface area contributed by atoms with Gasteiger partial charge in [0.2, 0.25) is 0 Å². The summed E-state index contributed by atoms with van der Waals surface area (Å²) in [6.07, 6.45) is 24.4. The van der Waals surface area contributed by atoms with E-state index >= 15 is 0 Å². The van der Waals surface area contributed by atoms with Crippen LogP contribution in [0.3, 0.4) is 0 Å². The van der Waals surface area contributed by atoms with Crippen molar-refractivity contribution >= 4 is 11.9 Å². The van der Waals surface area contributed by atoms with Gasteiger partial charge < -0.3 is 15.6 Å². The molecular weight excluding hydrogens is 402 g/mol. The minimum absolute atomic E-state index is 0.105. The van der Waals surface area contributed by atoms with Crippen molar-refractivity contribution in [1.82, 2.24) is 0 Å². The lowest BCUT2D eigenvalue weighted by molar-refractivity contribution is -0.162. The zero-order valence-electron chi connectivity index (χ0n) is 20.9. The number of ether oxygens (including phenoxy) is 1. The molecule has 1 unspecified atom stereocenters. The molecule has 0 amide bonds. The molecule has 0 bridgehead atoms. The maximum atomic E-state index is 12.5. The number of aliphatic carboxylic acids is 1. The fourth-order valence-electron chi connectivity index (χ4n) is 3.28. The second kappa shape index (κ2) is 17.6. The zero-order chi connectivity index (χ0) is 24.3. The standard InChI is InChI=1S/C27H47NO4/c1-5-6-7-8-9-10-11-12-13-14-15-16-17-18-19-20-22-27(28,23-21-24(29)30)25(31)32-26(2,3)4/h6-7,9-10,12-13H,5,8,11,14-23,28H2,1-4H3,(H,29,30). The Hall–Kier alpha value is -1.88. The van der Waals surface area contributed by atoms with Gasteiger partial charge in [-0.3, -0.25) is 9.59 Å². The molecule has 184 valence electrons. The summed E-state index contributed by atoms with van der Waals surface area (Å²) in [4.78, 5) is 23.5. The molecule has 0 saturated heterocycles. The molecule has 0 spiro atoms. The first-order chi connectivity index (χ1) is 15.1. The average Bonchev–Trinajstić information content (AvgIpc) is 2.70. The zero-order valence-corrected chi connectivity index (χ0v) is 20.9. The molecule has 0 aromatic heterocycles. The molecule has 0 fully saturated rings. The van der Waals surface area contributed by atoms with Crippen molar-refractivity contribution < 1.29 is 19.4 Å². The van der Waals surface area contributed by atoms with Gasteiger partial charge in [0.05, 0.1) is 0 Å². The summed E-state index contributed by atoms with van der Waals surface area (Å²) in [5.74, 6) is -1.44. The lowest BCUT2D eigenvalue weighted by Gasteiger charge is -2.31. The van der Waals surface area contributed by atoms with Crippen molar-refractivity contribution in [2.75, 3.05) is 0 Å². The highest BCUT2D eigenvalue weighted by atomic mass is 16.6. The number of nitrogens with two attached hydrogens (primary N) is 1. The predicted octanol–water partition coefficient (Wildman–Crippen LogP) is 6.87. The maximum absolute atomic E-state index is 12.5. The highest BCUT2D eigenvalue weighted by Crippen LogP contribution is 2.24. The first kappa shape index (κ1) is 30.1. The first-order valence-corrected chi connectivity index (χ1v) is 12.3. The van der Waals surface area contributed by atoms with E-state index in [0.29, 0.717) is 6.42 Å². The van der Waals surface area contributed by atoms with E-state index in [9.17, 15) is 9.59 Å². The second-order valence-corrected chi connectivity index (χ2v) is 9.51. The summed E-state index contributed by atoms with van der Waals surface area (Å²) < 4.78 is 5.44. The van der Waals surface area contributed by atoms with Crippen molar-refractivity contribution in [3.8, 4) is 0 Å². The van der Waals surface area contributed by atoms with Gasteiger partial charge in [0.25, 0.3) is 0 Å². The number of carbonyl (C=O) groups excluding carboxylic acids is 1. The van der Waals surface area contributed by atoms with Crippen LogP contribution in [-0.2, 0) is 14.3 Å². The van der Waals surface area contributed by atoms with E-state index in [0.717, 1.165) is 51.4 Å². The fraction of sp³-hybridized carbons (Fsp3) is 0.704. The molecule has 0 aromatic carbocycles. The Morgan fingerprint density at radius 1 is 0.812 bits per heavy atom. The smallest absolute Gasteiger partial charge is 0.326 e. The van der Waals surface area contributed by atoms with Gasteiger partial charge in [0.1, 0.15) is 11.1 Å². The third kappa shape index (κ3) is 17.8. The third-order valence-corrected chi connectivity index (χ3v) is 5.11. The van der Waals surface area contributed by atoms with Crippen LogP contribution in [0.15, 0.2) is 36.5 Å². The summed E-state index contributed by atoms with van der Waals surface area (Å²) in [6.45, 7) is 7.52. The van der Waals surface area contributed by atoms with Gasteiger partial charge in [-0.15, -0.1) is 0 Å². The Labute approximate surface area is 196 Å². The van der Waals surface area contributed by atoms with Crippen LogP contribution >= 0.6 is 0 Å². The number of rotatable bonds is 18. The SMILES string of the molecule is CCC=CCC=CCC=CCCCCCCCCC(N)(CCC(=O)O)C(=O)OC(C)(C)C. The second-order valence-electron chi connectivity index (χ2n) is 9.51. The van der Waals surface area contributed by atoms with Crippen LogP contribution in [0.5, 0.6) is 0 Å². The van der Waals surface area contributed by atoms with Crippen LogP contribution in [0.2, 0.25) is 0 Å². The topological polar surface area (TPSA) is 89.6 Å². The lowest BCUT2D eigenvalue weighted by atomic mass is 9.88. The van der Waals surface area contributed by atoms with E-state index in [1.807, 2.05) is 0 Å². The van der Waals surface area contributed by atoms with E-state index in [-0.39, 0.29) is 12.8 Å². The molecule has 0 rings (SSSR count). The number of carboxylic acid groups (broad SMARTS) is 1. The number of carbonyl (C=O) groups is 2. The molecule has 1 atom stereocenters. The maximum Gasteiger partial charge on any atom is 0.326 e. The van der Waals surface area contributed by atoms with Gasteiger partial charge in [0, 0.05) is 6.42 Å². The Kier molecular flexibility index (Phi) is 16.6. The summed E-state index contributed by atoms with van der Waals surface area (Å²) in [7, 11) is 0. The predicted molar refractivity (Wildman–Crippen MR) is 134 cm³/mol. The van der Waals surface area contributed by atoms with Crippen LogP contribution in [0, 0.1) is 0 Å². The summed E-state index contributed by atoms with van der Waals surface area (Å²) >= 11 is 0. The molecule has 32 heavy (non-hydrogen) atoms. The highest BCUT2D eigenvalue weighted by molar-refractivity contribution is 5.81. The molecular formula is C27H47NO4. The summed E-state index contributed by atoms with van der Waals surface area (Å²) in [6, 6.07) is 0. The lowest BCUT2D eigenvalue weighted by Crippen LogP contribution is -2.51. The van der Waals surface area contributed by atoms with Gasteiger partial charge in [-0.05, 0) is 65.7 Å². The average molecular weight is 450 g/mol. The molecule has 0 heterocycles. The van der Waals surface area contributed by atoms with Crippen molar-refractivity contribution in [2.45, 2.75) is 122 Å². The van der Waals surface area contributed by atoms with Gasteiger partial charge in [-0.25, -0.2) is 0 Å². The van der Waals surface area contributed by atoms with E-state index in [1.54, 1.807) is 20.8 Å². The molecule has 0 radical (unpaired) electrons. The molecule has 0 saturated carbocycles. The van der Waals surface area contributed by atoms with Crippen molar-refractivity contribution in [2.24, 2.45) is 5.73 Å². The summed E-state index contributed by atoms with van der Waals surface area (Å²) in [5.41, 5.74) is 4.44. The van der Waals surface area contributed by atoms with Crippen molar-refractivity contribution in [3.63, 3.8) is 0 Å². The molecule has 3 N–H and O–H groups in total. The van der Waals surface area contributed by atoms with Crippen LogP contribution < -0.4 is 5.73 Å². The minimum atomic E-state index is -1.23. The highest BCUT2D eigenvalue weighted by Gasteiger charge is 2.37. The first-order valence-electron chi connectivity index (χ1n) is 12.3. The van der Waals surface area contributed by atoms with Crippen LogP contribution in [0.1, 0.15) is 111 Å². The van der Waals surface area contributed by atoms with Crippen molar-refractivity contribution in [1.29, 1.82) is 0 Å².